The van der Waals surface area contributed by atoms with E-state index in [0.29, 0.717) is 18.0 Å². The van der Waals surface area contributed by atoms with Crippen LogP contribution in [-0.4, -0.2) is 78.5 Å². The number of piperazine rings is 1. The first-order valence-corrected chi connectivity index (χ1v) is 11.7. The molecule has 0 aromatic heterocycles. The Morgan fingerprint density at radius 1 is 1.00 bits per heavy atom. The molecule has 2 unspecified atom stereocenters. The van der Waals surface area contributed by atoms with E-state index < -0.39 is 0 Å². The number of benzene rings is 1. The predicted octanol–water partition coefficient (Wildman–Crippen LogP) is 2.57. The summed E-state index contributed by atoms with van der Waals surface area (Å²) in [5.74, 6) is 0.477. The van der Waals surface area contributed by atoms with Gasteiger partial charge in [-0.1, -0.05) is 43.7 Å². The minimum absolute atomic E-state index is 0.114. The Balaban J connectivity index is 1.19. The van der Waals surface area contributed by atoms with Gasteiger partial charge in [-0.2, -0.15) is 0 Å². The summed E-state index contributed by atoms with van der Waals surface area (Å²) in [6, 6.07) is 11.9. The average Bonchev–Trinajstić information content (AvgIpc) is 2.80. The summed E-state index contributed by atoms with van der Waals surface area (Å²) in [7, 11) is 0. The molecular weight excluding hydrogens is 360 g/mol. The monoisotopic (exact) mass is 398 g/mol. The van der Waals surface area contributed by atoms with Crippen LogP contribution in [0.2, 0.25) is 0 Å². The van der Waals surface area contributed by atoms with Crippen LogP contribution < -0.4 is 5.32 Å². The van der Waals surface area contributed by atoms with Crippen molar-refractivity contribution in [3.8, 4) is 0 Å². The van der Waals surface area contributed by atoms with E-state index in [4.69, 9.17) is 0 Å². The fourth-order valence-corrected chi connectivity index (χ4v) is 5.36. The fourth-order valence-electron chi connectivity index (χ4n) is 5.36. The molecule has 1 aromatic rings. The summed E-state index contributed by atoms with van der Waals surface area (Å²) < 4.78 is 0. The quantitative estimate of drug-likeness (QED) is 0.827. The van der Waals surface area contributed by atoms with E-state index in [0.717, 1.165) is 45.7 Å². The third-order valence-electron chi connectivity index (χ3n) is 7.29. The van der Waals surface area contributed by atoms with Gasteiger partial charge in [0.1, 0.15) is 0 Å². The number of amides is 1. The summed E-state index contributed by atoms with van der Waals surface area (Å²) in [4.78, 5) is 20.3. The number of nitrogens with one attached hydrogen (secondary N) is 1. The van der Waals surface area contributed by atoms with Crippen molar-refractivity contribution in [2.45, 2.75) is 57.7 Å². The van der Waals surface area contributed by atoms with Crippen molar-refractivity contribution in [2.24, 2.45) is 5.92 Å². The SMILES string of the molecule is CC(C(=O)N1CCN(C2CCN(Cc3ccccc3)CC2)CC1)C1CCCCN1. The Morgan fingerprint density at radius 3 is 2.38 bits per heavy atom. The Labute approximate surface area is 176 Å². The summed E-state index contributed by atoms with van der Waals surface area (Å²) in [6.07, 6.45) is 6.16. The fraction of sp³-hybridized carbons (Fsp3) is 0.708. The largest absolute Gasteiger partial charge is 0.340 e. The minimum Gasteiger partial charge on any atom is -0.340 e. The third-order valence-corrected chi connectivity index (χ3v) is 7.29. The van der Waals surface area contributed by atoms with Crippen LogP contribution >= 0.6 is 0 Å². The molecule has 3 aliphatic rings. The lowest BCUT2D eigenvalue weighted by Crippen LogP contribution is -2.56. The van der Waals surface area contributed by atoms with Gasteiger partial charge in [0.25, 0.3) is 0 Å². The Morgan fingerprint density at radius 2 is 1.72 bits per heavy atom. The maximum absolute atomic E-state index is 13.0. The molecule has 0 saturated carbocycles. The molecule has 5 heteroatoms. The number of carbonyl (C=O) groups is 1. The van der Waals surface area contributed by atoms with Gasteiger partial charge in [-0.25, -0.2) is 0 Å². The first kappa shape index (κ1) is 20.8. The third kappa shape index (κ3) is 5.39. The second-order valence-corrected chi connectivity index (χ2v) is 9.20. The van der Waals surface area contributed by atoms with Gasteiger partial charge in [0.2, 0.25) is 5.91 Å². The second kappa shape index (κ2) is 10.1. The molecule has 3 heterocycles. The Bertz CT molecular complexity index is 630. The van der Waals surface area contributed by atoms with E-state index in [2.05, 4.69) is 57.3 Å². The molecule has 1 aromatic carbocycles. The van der Waals surface area contributed by atoms with Gasteiger partial charge in [-0.3, -0.25) is 14.6 Å². The predicted molar refractivity (Wildman–Crippen MR) is 118 cm³/mol. The Hall–Kier alpha value is -1.43. The van der Waals surface area contributed by atoms with Gasteiger partial charge >= 0.3 is 0 Å². The van der Waals surface area contributed by atoms with Crippen molar-refractivity contribution in [3.63, 3.8) is 0 Å². The molecule has 0 aliphatic carbocycles. The van der Waals surface area contributed by atoms with Crippen LogP contribution in [0.3, 0.4) is 0 Å². The number of rotatable bonds is 5. The normalized spacial score (nSPS) is 26.4. The van der Waals surface area contributed by atoms with Crippen molar-refractivity contribution in [2.75, 3.05) is 45.8 Å². The molecule has 3 aliphatic heterocycles. The lowest BCUT2D eigenvalue weighted by molar-refractivity contribution is -0.138. The van der Waals surface area contributed by atoms with Crippen molar-refractivity contribution < 1.29 is 4.79 Å². The van der Waals surface area contributed by atoms with E-state index in [1.165, 1.54) is 44.3 Å². The lowest BCUT2D eigenvalue weighted by atomic mass is 9.92. The van der Waals surface area contributed by atoms with E-state index >= 15 is 0 Å². The van der Waals surface area contributed by atoms with Crippen molar-refractivity contribution in [1.82, 2.24) is 20.0 Å². The zero-order chi connectivity index (χ0) is 20.1. The molecule has 1 amide bonds. The molecule has 0 radical (unpaired) electrons. The molecular formula is C24H38N4O. The smallest absolute Gasteiger partial charge is 0.227 e. The van der Waals surface area contributed by atoms with Crippen LogP contribution in [-0.2, 0) is 11.3 Å². The van der Waals surface area contributed by atoms with Crippen molar-refractivity contribution in [3.05, 3.63) is 35.9 Å². The van der Waals surface area contributed by atoms with Crippen LogP contribution in [0.25, 0.3) is 0 Å². The molecule has 3 fully saturated rings. The number of nitrogens with zero attached hydrogens (tertiary/aromatic N) is 3. The summed E-state index contributed by atoms with van der Waals surface area (Å²) in [5.41, 5.74) is 1.42. The molecule has 3 saturated heterocycles. The Kier molecular flexibility index (Phi) is 7.22. The molecule has 5 nitrogen and oxygen atoms in total. The standard InChI is InChI=1S/C24H38N4O/c1-20(23-9-5-6-12-25-23)24(29)28-17-15-27(16-18-28)22-10-13-26(14-11-22)19-21-7-3-2-4-8-21/h2-4,7-8,20,22-23,25H,5-6,9-19H2,1H3. The summed E-state index contributed by atoms with van der Waals surface area (Å²) in [5, 5.41) is 3.56. The van der Waals surface area contributed by atoms with Crippen molar-refractivity contribution in [1.29, 1.82) is 0 Å². The van der Waals surface area contributed by atoms with Crippen LogP contribution in [0.5, 0.6) is 0 Å². The van der Waals surface area contributed by atoms with E-state index in [9.17, 15) is 4.79 Å². The lowest BCUT2D eigenvalue weighted by Gasteiger charge is -2.43. The molecule has 160 valence electrons. The number of piperidine rings is 2. The topological polar surface area (TPSA) is 38.8 Å². The maximum Gasteiger partial charge on any atom is 0.227 e. The number of likely N-dealkylation sites (tertiary alicyclic amines) is 1. The summed E-state index contributed by atoms with van der Waals surface area (Å²) >= 11 is 0. The zero-order valence-corrected chi connectivity index (χ0v) is 18.1. The minimum atomic E-state index is 0.114. The van der Waals surface area contributed by atoms with Gasteiger partial charge in [0.15, 0.2) is 0 Å². The molecule has 4 rings (SSSR count). The number of hydrogen-bond donors (Lipinski definition) is 1. The van der Waals surface area contributed by atoms with Gasteiger partial charge in [0.05, 0.1) is 5.92 Å². The molecule has 29 heavy (non-hydrogen) atoms. The average molecular weight is 399 g/mol. The molecule has 0 bridgehead atoms. The molecule has 0 spiro atoms. The zero-order valence-electron chi connectivity index (χ0n) is 18.1. The van der Waals surface area contributed by atoms with Crippen molar-refractivity contribution >= 4 is 5.91 Å². The van der Waals surface area contributed by atoms with Gasteiger partial charge < -0.3 is 10.2 Å². The first-order chi connectivity index (χ1) is 14.2. The number of hydrogen-bond acceptors (Lipinski definition) is 4. The van der Waals surface area contributed by atoms with Gasteiger partial charge in [-0.05, 0) is 50.9 Å². The highest BCUT2D eigenvalue weighted by molar-refractivity contribution is 5.79. The van der Waals surface area contributed by atoms with Crippen LogP contribution in [0.15, 0.2) is 30.3 Å². The van der Waals surface area contributed by atoms with Crippen LogP contribution in [0.1, 0.15) is 44.6 Å². The molecule has 2 atom stereocenters. The highest BCUT2D eigenvalue weighted by Gasteiger charge is 2.33. The van der Waals surface area contributed by atoms with Crippen LogP contribution in [0, 0.1) is 5.92 Å². The highest BCUT2D eigenvalue weighted by Crippen LogP contribution is 2.22. The van der Waals surface area contributed by atoms with E-state index in [1.54, 1.807) is 0 Å². The first-order valence-electron chi connectivity index (χ1n) is 11.7. The number of carbonyl (C=O) groups excluding carboxylic acids is 1. The maximum atomic E-state index is 13.0. The van der Waals surface area contributed by atoms with Gasteiger partial charge in [-0.15, -0.1) is 0 Å². The second-order valence-electron chi connectivity index (χ2n) is 9.20. The van der Waals surface area contributed by atoms with E-state index in [1.807, 2.05) is 0 Å². The molecule has 1 N–H and O–H groups in total. The highest BCUT2D eigenvalue weighted by atomic mass is 16.2. The van der Waals surface area contributed by atoms with E-state index in [-0.39, 0.29) is 5.92 Å². The van der Waals surface area contributed by atoms with Crippen LogP contribution in [0.4, 0.5) is 0 Å². The summed E-state index contributed by atoms with van der Waals surface area (Å²) in [6.45, 7) is 10.5. The van der Waals surface area contributed by atoms with Gasteiger partial charge in [0, 0.05) is 44.8 Å².